The first-order chi connectivity index (χ1) is 8.90. The summed E-state index contributed by atoms with van der Waals surface area (Å²) in [4.78, 5) is 13.9. The number of hydrogen-bond acceptors (Lipinski definition) is 4. The van der Waals surface area contributed by atoms with Crippen LogP contribution in [0, 0.1) is 0 Å². The molecule has 0 radical (unpaired) electrons. The molecule has 0 saturated carbocycles. The van der Waals surface area contributed by atoms with E-state index in [-0.39, 0.29) is 0 Å². The van der Waals surface area contributed by atoms with Crippen LogP contribution in [0.15, 0.2) is 36.4 Å². The number of aromatic nitrogens is 2. The zero-order valence-corrected chi connectivity index (χ0v) is 10.1. The Bertz CT molecular complexity index is 543. The van der Waals surface area contributed by atoms with Gasteiger partial charge in [-0.1, -0.05) is 30.3 Å². The van der Waals surface area contributed by atoms with Crippen LogP contribution in [0.4, 0.5) is 11.6 Å². The van der Waals surface area contributed by atoms with Crippen molar-refractivity contribution in [2.24, 2.45) is 0 Å². The Kier molecular flexibility index (Phi) is 2.03. The maximum Gasteiger partial charge on any atom is 0.163 e. The van der Waals surface area contributed by atoms with Gasteiger partial charge in [-0.05, 0) is 0 Å². The predicted octanol–water partition coefficient (Wildman–Crippen LogP) is 1.78. The zero-order chi connectivity index (χ0) is 11.9. The lowest BCUT2D eigenvalue weighted by molar-refractivity contribution is 1.11. The first-order valence-corrected chi connectivity index (χ1v) is 6.34. The SMILES string of the molecule is c1ccc(-c2nc(N3CC3)cc(N3CC3)n2)cc1. The van der Waals surface area contributed by atoms with Crippen LogP contribution in [0.25, 0.3) is 11.4 Å². The molecule has 0 bridgehead atoms. The minimum atomic E-state index is 0.835. The van der Waals surface area contributed by atoms with Crippen molar-refractivity contribution in [3.63, 3.8) is 0 Å². The standard InChI is InChI=1S/C14H14N4/c1-2-4-11(5-3-1)14-15-12(17-6-7-17)10-13(16-14)18-8-9-18/h1-5,10H,6-9H2. The van der Waals surface area contributed by atoms with Crippen molar-refractivity contribution in [3.05, 3.63) is 36.4 Å². The lowest BCUT2D eigenvalue weighted by Crippen LogP contribution is -2.03. The van der Waals surface area contributed by atoms with E-state index >= 15 is 0 Å². The maximum absolute atomic E-state index is 4.66. The van der Waals surface area contributed by atoms with Gasteiger partial charge in [-0.2, -0.15) is 0 Å². The van der Waals surface area contributed by atoms with E-state index in [0.717, 1.165) is 49.2 Å². The molecule has 0 amide bonds. The van der Waals surface area contributed by atoms with Crippen LogP contribution in [0.5, 0.6) is 0 Å². The van der Waals surface area contributed by atoms with Gasteiger partial charge in [0, 0.05) is 37.8 Å². The molecule has 0 aliphatic carbocycles. The van der Waals surface area contributed by atoms with Gasteiger partial charge in [0.15, 0.2) is 5.82 Å². The third kappa shape index (κ3) is 1.79. The third-order valence-corrected chi connectivity index (χ3v) is 3.27. The van der Waals surface area contributed by atoms with Gasteiger partial charge in [-0.3, -0.25) is 0 Å². The Morgan fingerprint density at radius 2 is 1.33 bits per heavy atom. The summed E-state index contributed by atoms with van der Waals surface area (Å²) >= 11 is 0. The van der Waals surface area contributed by atoms with Gasteiger partial charge in [0.05, 0.1) is 0 Å². The van der Waals surface area contributed by atoms with Gasteiger partial charge in [0.25, 0.3) is 0 Å². The smallest absolute Gasteiger partial charge is 0.163 e. The fourth-order valence-electron chi connectivity index (χ4n) is 2.02. The molecule has 1 aromatic carbocycles. The van der Waals surface area contributed by atoms with Gasteiger partial charge >= 0.3 is 0 Å². The minimum absolute atomic E-state index is 0.835. The summed E-state index contributed by atoms with van der Waals surface area (Å²) in [5, 5.41) is 0. The fraction of sp³-hybridized carbons (Fsp3) is 0.286. The highest BCUT2D eigenvalue weighted by atomic mass is 15.3. The van der Waals surface area contributed by atoms with Gasteiger partial charge in [-0.15, -0.1) is 0 Å². The molecule has 2 saturated heterocycles. The molecular weight excluding hydrogens is 224 g/mol. The molecule has 0 spiro atoms. The van der Waals surface area contributed by atoms with Crippen LogP contribution in [-0.4, -0.2) is 36.1 Å². The molecule has 2 aliphatic heterocycles. The average molecular weight is 238 g/mol. The molecule has 4 rings (SSSR count). The molecule has 90 valence electrons. The van der Waals surface area contributed by atoms with E-state index in [0.29, 0.717) is 0 Å². The van der Waals surface area contributed by atoms with E-state index < -0.39 is 0 Å². The van der Waals surface area contributed by atoms with Crippen molar-refractivity contribution in [2.75, 3.05) is 36.0 Å². The zero-order valence-electron chi connectivity index (χ0n) is 10.1. The summed E-state index contributed by atoms with van der Waals surface area (Å²) < 4.78 is 0. The first kappa shape index (κ1) is 9.88. The molecule has 0 unspecified atom stereocenters. The summed E-state index contributed by atoms with van der Waals surface area (Å²) in [6.07, 6.45) is 0. The lowest BCUT2D eigenvalue weighted by atomic mass is 10.2. The van der Waals surface area contributed by atoms with Crippen LogP contribution in [0.3, 0.4) is 0 Å². The molecule has 2 aliphatic rings. The second-order valence-electron chi connectivity index (χ2n) is 4.75. The summed E-state index contributed by atoms with van der Waals surface area (Å²) in [5.74, 6) is 2.96. The van der Waals surface area contributed by atoms with Gasteiger partial charge < -0.3 is 9.80 Å². The predicted molar refractivity (Wildman–Crippen MR) is 71.9 cm³/mol. The molecule has 0 atom stereocenters. The number of nitrogens with zero attached hydrogens (tertiary/aromatic N) is 4. The van der Waals surface area contributed by atoms with Gasteiger partial charge in [0.1, 0.15) is 11.6 Å². The van der Waals surface area contributed by atoms with E-state index in [4.69, 9.17) is 0 Å². The van der Waals surface area contributed by atoms with E-state index in [9.17, 15) is 0 Å². The Hall–Kier alpha value is -2.10. The lowest BCUT2D eigenvalue weighted by Gasteiger charge is -2.09. The molecule has 4 heteroatoms. The third-order valence-electron chi connectivity index (χ3n) is 3.27. The summed E-state index contributed by atoms with van der Waals surface area (Å²) in [7, 11) is 0. The molecule has 3 heterocycles. The van der Waals surface area contributed by atoms with Crippen LogP contribution in [0.2, 0.25) is 0 Å². The molecule has 18 heavy (non-hydrogen) atoms. The van der Waals surface area contributed by atoms with E-state index in [1.165, 1.54) is 0 Å². The van der Waals surface area contributed by atoms with E-state index in [2.05, 4.69) is 38.0 Å². The normalized spacial score (nSPS) is 16.9. The molecule has 2 fully saturated rings. The maximum atomic E-state index is 4.66. The van der Waals surface area contributed by atoms with Crippen molar-refractivity contribution in [2.45, 2.75) is 0 Å². The Labute approximate surface area is 106 Å². The van der Waals surface area contributed by atoms with Crippen molar-refractivity contribution in [1.82, 2.24) is 9.97 Å². The summed E-state index contributed by atoms with van der Waals surface area (Å²) in [6, 6.07) is 12.3. The largest absolute Gasteiger partial charge is 0.353 e. The number of anilines is 2. The van der Waals surface area contributed by atoms with Gasteiger partial charge in [0.2, 0.25) is 0 Å². The highest BCUT2D eigenvalue weighted by Crippen LogP contribution is 2.29. The Morgan fingerprint density at radius 3 is 1.83 bits per heavy atom. The van der Waals surface area contributed by atoms with Crippen molar-refractivity contribution < 1.29 is 0 Å². The molecule has 0 N–H and O–H groups in total. The van der Waals surface area contributed by atoms with Crippen LogP contribution >= 0.6 is 0 Å². The number of hydrogen-bond donors (Lipinski definition) is 0. The van der Waals surface area contributed by atoms with E-state index in [1.54, 1.807) is 0 Å². The van der Waals surface area contributed by atoms with Crippen molar-refractivity contribution >= 4 is 11.6 Å². The van der Waals surface area contributed by atoms with Crippen LogP contribution in [0.1, 0.15) is 0 Å². The van der Waals surface area contributed by atoms with Crippen LogP contribution < -0.4 is 9.80 Å². The first-order valence-electron chi connectivity index (χ1n) is 6.34. The van der Waals surface area contributed by atoms with E-state index in [1.807, 2.05) is 18.2 Å². The second kappa shape index (κ2) is 3.70. The average Bonchev–Trinajstić information content (AvgIpc) is 3.32. The van der Waals surface area contributed by atoms with Gasteiger partial charge in [-0.25, -0.2) is 9.97 Å². The summed E-state index contributed by atoms with van der Waals surface area (Å²) in [6.45, 7) is 4.46. The number of rotatable bonds is 3. The number of benzene rings is 1. The molecule has 2 aromatic rings. The Morgan fingerprint density at radius 1 is 0.778 bits per heavy atom. The van der Waals surface area contributed by atoms with Crippen LogP contribution in [-0.2, 0) is 0 Å². The van der Waals surface area contributed by atoms with Crippen molar-refractivity contribution in [1.29, 1.82) is 0 Å². The van der Waals surface area contributed by atoms with Crippen molar-refractivity contribution in [3.8, 4) is 11.4 Å². The monoisotopic (exact) mass is 238 g/mol. The molecule has 1 aromatic heterocycles. The fourth-order valence-corrected chi connectivity index (χ4v) is 2.02. The quantitative estimate of drug-likeness (QED) is 0.763. The topological polar surface area (TPSA) is 31.8 Å². The summed E-state index contributed by atoms with van der Waals surface area (Å²) in [5.41, 5.74) is 1.09. The minimum Gasteiger partial charge on any atom is -0.353 e. The molecule has 4 nitrogen and oxygen atoms in total. The highest BCUT2D eigenvalue weighted by Gasteiger charge is 2.25. The molecular formula is C14H14N4. The second-order valence-corrected chi connectivity index (χ2v) is 4.75. The Balaban J connectivity index is 1.81. The highest BCUT2D eigenvalue weighted by molar-refractivity contribution is 5.64.